The number of imide groups is 1. The minimum atomic E-state index is -1.08. The van der Waals surface area contributed by atoms with E-state index in [9.17, 15) is 29.3 Å². The second-order valence-corrected chi connectivity index (χ2v) is 8.28. The van der Waals surface area contributed by atoms with Gasteiger partial charge in [0.25, 0.3) is 17.5 Å². The molecule has 3 aromatic carbocycles. The largest absolute Gasteiger partial charge is 0.462 e. The van der Waals surface area contributed by atoms with Crippen LogP contribution in [0.4, 0.5) is 11.4 Å². The van der Waals surface area contributed by atoms with Crippen molar-refractivity contribution < 1.29 is 28.8 Å². The Labute approximate surface area is 212 Å². The summed E-state index contributed by atoms with van der Waals surface area (Å²) in [7, 11) is 0. The van der Waals surface area contributed by atoms with E-state index >= 15 is 0 Å². The van der Waals surface area contributed by atoms with Gasteiger partial charge >= 0.3 is 5.97 Å². The van der Waals surface area contributed by atoms with Crippen molar-refractivity contribution in [3.63, 3.8) is 0 Å². The van der Waals surface area contributed by atoms with E-state index in [1.54, 1.807) is 31.2 Å². The Balaban J connectivity index is 1.63. The van der Waals surface area contributed by atoms with E-state index in [0.717, 1.165) is 10.5 Å². The van der Waals surface area contributed by atoms with Crippen LogP contribution < -0.4 is 4.90 Å². The zero-order valence-corrected chi connectivity index (χ0v) is 19.9. The summed E-state index contributed by atoms with van der Waals surface area (Å²) in [5.41, 5.74) is 1.28. The van der Waals surface area contributed by atoms with Crippen LogP contribution >= 0.6 is 0 Å². The number of nitrogens with zero attached hydrogens (tertiary/aromatic N) is 3. The summed E-state index contributed by atoms with van der Waals surface area (Å²) in [5, 5.41) is 11.0. The van der Waals surface area contributed by atoms with E-state index in [1.807, 2.05) is 6.07 Å². The highest BCUT2D eigenvalue weighted by Gasteiger charge is 2.44. The number of nitro groups is 1. The first-order valence-corrected chi connectivity index (χ1v) is 11.5. The summed E-state index contributed by atoms with van der Waals surface area (Å²) in [5.74, 6) is -2.13. The van der Waals surface area contributed by atoms with Gasteiger partial charge in [0.1, 0.15) is 6.04 Å². The van der Waals surface area contributed by atoms with Crippen LogP contribution in [-0.2, 0) is 20.9 Å². The molecule has 1 heterocycles. The summed E-state index contributed by atoms with van der Waals surface area (Å²) >= 11 is 0. The zero-order valence-electron chi connectivity index (χ0n) is 19.9. The predicted octanol–water partition coefficient (Wildman–Crippen LogP) is 3.75. The van der Waals surface area contributed by atoms with Gasteiger partial charge in [0.15, 0.2) is 0 Å². The van der Waals surface area contributed by atoms with Gasteiger partial charge in [-0.15, -0.1) is 0 Å². The Hall–Kier alpha value is -4.86. The van der Waals surface area contributed by atoms with E-state index in [0.29, 0.717) is 0 Å². The molecule has 188 valence electrons. The topological polar surface area (TPSA) is 127 Å². The maximum absolute atomic E-state index is 13.5. The van der Waals surface area contributed by atoms with E-state index in [4.69, 9.17) is 4.74 Å². The van der Waals surface area contributed by atoms with Crippen LogP contribution in [-0.4, -0.2) is 46.2 Å². The number of hydrogen-bond donors (Lipinski definition) is 0. The second-order valence-electron chi connectivity index (χ2n) is 8.28. The maximum atomic E-state index is 13.5. The van der Waals surface area contributed by atoms with E-state index in [1.165, 1.54) is 53.4 Å². The summed E-state index contributed by atoms with van der Waals surface area (Å²) in [4.78, 5) is 64.6. The monoisotopic (exact) mass is 501 g/mol. The van der Waals surface area contributed by atoms with Gasteiger partial charge in [-0.3, -0.25) is 24.5 Å². The average molecular weight is 501 g/mol. The van der Waals surface area contributed by atoms with Crippen LogP contribution in [0.15, 0.2) is 78.9 Å². The molecule has 1 aliphatic heterocycles. The van der Waals surface area contributed by atoms with Gasteiger partial charge < -0.3 is 9.64 Å². The number of anilines is 1. The van der Waals surface area contributed by atoms with Crippen molar-refractivity contribution in [3.05, 3.63) is 106 Å². The molecule has 0 bridgehead atoms. The Morgan fingerprint density at radius 3 is 2.19 bits per heavy atom. The zero-order chi connectivity index (χ0) is 26.5. The number of nitro benzene ring substituents is 1. The fourth-order valence-electron chi connectivity index (χ4n) is 4.09. The predicted molar refractivity (Wildman–Crippen MR) is 133 cm³/mol. The molecule has 10 nitrogen and oxygen atoms in total. The molecule has 0 radical (unpaired) electrons. The fourth-order valence-corrected chi connectivity index (χ4v) is 4.09. The molecule has 3 aromatic rings. The van der Waals surface area contributed by atoms with Gasteiger partial charge in [0, 0.05) is 24.2 Å². The van der Waals surface area contributed by atoms with Crippen molar-refractivity contribution in [1.29, 1.82) is 0 Å². The lowest BCUT2D eigenvalue weighted by Gasteiger charge is -2.28. The molecular formula is C27H23N3O7. The van der Waals surface area contributed by atoms with Crippen molar-refractivity contribution in [2.45, 2.75) is 25.9 Å². The Bertz CT molecular complexity index is 1340. The Morgan fingerprint density at radius 2 is 1.59 bits per heavy atom. The Morgan fingerprint density at radius 1 is 0.973 bits per heavy atom. The van der Waals surface area contributed by atoms with Gasteiger partial charge in [0.05, 0.1) is 29.2 Å². The number of ether oxygens (including phenoxy) is 1. The lowest BCUT2D eigenvalue weighted by atomic mass is 10.1. The van der Waals surface area contributed by atoms with E-state index in [2.05, 4.69) is 0 Å². The highest BCUT2D eigenvalue weighted by atomic mass is 16.6. The molecule has 37 heavy (non-hydrogen) atoms. The maximum Gasteiger partial charge on any atom is 0.338 e. The molecule has 0 aliphatic carbocycles. The van der Waals surface area contributed by atoms with Crippen LogP contribution in [0.1, 0.15) is 39.6 Å². The van der Waals surface area contributed by atoms with E-state index < -0.39 is 34.7 Å². The lowest BCUT2D eigenvalue weighted by Crippen LogP contribution is -2.45. The molecule has 10 heteroatoms. The van der Waals surface area contributed by atoms with Crippen LogP contribution in [0.25, 0.3) is 0 Å². The van der Waals surface area contributed by atoms with Crippen molar-refractivity contribution in [3.8, 4) is 0 Å². The first-order valence-electron chi connectivity index (χ1n) is 11.5. The van der Waals surface area contributed by atoms with Gasteiger partial charge in [-0.1, -0.05) is 30.3 Å². The third-order valence-corrected chi connectivity index (χ3v) is 5.92. The summed E-state index contributed by atoms with van der Waals surface area (Å²) in [6.45, 7) is 1.95. The number of rotatable bonds is 8. The normalized spacial score (nSPS) is 14.9. The van der Waals surface area contributed by atoms with E-state index in [-0.39, 0.29) is 42.1 Å². The number of hydrogen-bond acceptors (Lipinski definition) is 7. The van der Waals surface area contributed by atoms with Gasteiger partial charge in [-0.2, -0.15) is 0 Å². The summed E-state index contributed by atoms with van der Waals surface area (Å²) < 4.78 is 4.96. The molecule has 1 fully saturated rings. The molecule has 3 amide bonds. The fraction of sp³-hybridized carbons (Fsp3) is 0.185. The average Bonchev–Trinajstić information content (AvgIpc) is 3.21. The van der Waals surface area contributed by atoms with Gasteiger partial charge in [0.2, 0.25) is 5.91 Å². The minimum absolute atomic E-state index is 0.0516. The molecule has 4 rings (SSSR count). The molecule has 1 unspecified atom stereocenters. The molecule has 1 saturated heterocycles. The van der Waals surface area contributed by atoms with Crippen molar-refractivity contribution in [2.75, 3.05) is 11.5 Å². The van der Waals surface area contributed by atoms with Gasteiger partial charge in [-0.05, 0) is 48.9 Å². The van der Waals surface area contributed by atoms with Crippen molar-refractivity contribution >= 4 is 35.1 Å². The molecule has 1 atom stereocenters. The molecule has 0 N–H and O–H groups in total. The smallest absolute Gasteiger partial charge is 0.338 e. The van der Waals surface area contributed by atoms with Crippen LogP contribution in [0.3, 0.4) is 0 Å². The highest BCUT2D eigenvalue weighted by Crippen LogP contribution is 2.28. The third kappa shape index (κ3) is 5.37. The molecule has 0 spiro atoms. The number of carbonyl (C=O) groups excluding carboxylic acids is 4. The Kier molecular flexibility index (Phi) is 7.38. The number of carbonyl (C=O) groups is 4. The van der Waals surface area contributed by atoms with Gasteiger partial charge in [-0.25, -0.2) is 9.69 Å². The molecule has 0 aromatic heterocycles. The summed E-state index contributed by atoms with van der Waals surface area (Å²) in [6, 6.07) is 18.9. The summed E-state index contributed by atoms with van der Waals surface area (Å²) in [6.07, 6.45) is -0.232. The standard InChI is InChI=1S/C27H23N3O7/c1-2-37-27(34)20-10-12-21(13-11-20)29-24(31)16-23(26(29)33)28(17-18-6-4-3-5-7-18)25(32)19-8-14-22(15-9-19)30(35)36/h3-15,23H,2,16-17H2,1H3. The quantitative estimate of drug-likeness (QED) is 0.199. The number of non-ortho nitro benzene ring substituents is 1. The highest BCUT2D eigenvalue weighted by molar-refractivity contribution is 6.23. The van der Waals surface area contributed by atoms with Crippen LogP contribution in [0.5, 0.6) is 0 Å². The molecule has 1 aliphatic rings. The van der Waals surface area contributed by atoms with Crippen LogP contribution in [0.2, 0.25) is 0 Å². The molecular weight excluding hydrogens is 478 g/mol. The number of amides is 3. The third-order valence-electron chi connectivity index (χ3n) is 5.92. The molecule has 0 saturated carbocycles. The van der Waals surface area contributed by atoms with Crippen molar-refractivity contribution in [1.82, 2.24) is 4.90 Å². The second kappa shape index (κ2) is 10.8. The van der Waals surface area contributed by atoms with Crippen molar-refractivity contribution in [2.24, 2.45) is 0 Å². The number of esters is 1. The first-order chi connectivity index (χ1) is 17.8. The first kappa shape index (κ1) is 25.2. The SMILES string of the molecule is CCOC(=O)c1ccc(N2C(=O)CC(N(Cc3ccccc3)C(=O)c3ccc([N+](=O)[O-])cc3)C2=O)cc1. The lowest BCUT2D eigenvalue weighted by molar-refractivity contribution is -0.384. The number of benzene rings is 3. The minimum Gasteiger partial charge on any atom is -0.462 e. The van der Waals surface area contributed by atoms with Crippen LogP contribution in [0, 0.1) is 10.1 Å².